The van der Waals surface area contributed by atoms with Crippen LogP contribution in [0.25, 0.3) is 22.2 Å². The number of nitrogens with one attached hydrogen (secondary N) is 3. The molecule has 7 rings (SSSR count). The number of hydrogen-bond donors (Lipinski definition) is 3. The first-order chi connectivity index (χ1) is 31.6. The summed E-state index contributed by atoms with van der Waals surface area (Å²) in [5.41, 5.74) is 5.87. The number of hydroxylamine groups is 1. The van der Waals surface area contributed by atoms with Crippen LogP contribution in [0.4, 0.5) is 40.4 Å². The average molecular weight is 953 g/mol. The molecule has 2 aromatic heterocycles. The Morgan fingerprint density at radius 3 is 2.23 bits per heavy atom. The fourth-order valence-corrected chi connectivity index (χ4v) is 8.17. The van der Waals surface area contributed by atoms with Gasteiger partial charge in [-0.2, -0.15) is 0 Å². The molecule has 0 saturated carbocycles. The quantitative estimate of drug-likeness (QED) is 0.0196. The summed E-state index contributed by atoms with van der Waals surface area (Å²) in [7, 11) is 0. The van der Waals surface area contributed by atoms with E-state index in [0.717, 1.165) is 76.9 Å². The minimum absolute atomic E-state index is 0.0221. The van der Waals surface area contributed by atoms with Crippen LogP contribution < -0.4 is 20.4 Å². The Hall–Kier alpha value is -5.25. The van der Waals surface area contributed by atoms with Crippen molar-refractivity contribution in [3.63, 3.8) is 0 Å². The van der Waals surface area contributed by atoms with Crippen molar-refractivity contribution in [3.8, 4) is 11.1 Å². The Kier molecular flexibility index (Phi) is 17.5. The Morgan fingerprint density at radius 2 is 1.48 bits per heavy atom. The third kappa shape index (κ3) is 13.6. The van der Waals surface area contributed by atoms with E-state index in [0.29, 0.717) is 42.8 Å². The van der Waals surface area contributed by atoms with Crippen LogP contribution in [0, 0.1) is 30.2 Å². The first-order valence-electron chi connectivity index (χ1n) is 20.5. The second kappa shape index (κ2) is 23.8. The minimum Gasteiger partial charge on any atom is -0.378 e. The van der Waals surface area contributed by atoms with Gasteiger partial charge in [0.05, 0.1) is 86.1 Å². The van der Waals surface area contributed by atoms with E-state index in [9.17, 15) is 22.4 Å². The highest BCUT2D eigenvalue weighted by Crippen LogP contribution is 2.32. The number of piperazine rings is 1. The zero-order valence-electron chi connectivity index (χ0n) is 35.1. The normalized spacial score (nSPS) is 13.0. The Balaban J connectivity index is 0.732. The van der Waals surface area contributed by atoms with Crippen LogP contribution in [-0.2, 0) is 19.0 Å². The minimum atomic E-state index is -1.33. The monoisotopic (exact) mass is 952 g/mol. The smallest absolute Gasteiger partial charge is 0.277 e. The molecule has 3 heterocycles. The molecule has 0 spiro atoms. The summed E-state index contributed by atoms with van der Waals surface area (Å²) < 4.78 is 78.6. The van der Waals surface area contributed by atoms with Crippen LogP contribution in [0.2, 0.25) is 5.15 Å². The Bertz CT molecular complexity index is 2550. The lowest BCUT2D eigenvalue weighted by Crippen LogP contribution is -2.44. The molecule has 1 aliphatic rings. The number of benzene rings is 4. The van der Waals surface area contributed by atoms with Gasteiger partial charge in [-0.15, -0.1) is 0 Å². The summed E-state index contributed by atoms with van der Waals surface area (Å²) in [5, 5.41) is 2.80. The van der Waals surface area contributed by atoms with Crippen LogP contribution >= 0.6 is 35.5 Å². The van der Waals surface area contributed by atoms with E-state index in [4.69, 9.17) is 35.6 Å². The number of amides is 1. The number of hydrogen-bond acceptors (Lipinski definition) is 14. The number of rotatable bonds is 22. The van der Waals surface area contributed by atoms with Gasteiger partial charge in [0.15, 0.2) is 16.8 Å². The maximum atomic E-state index is 14.6. The molecular weight excluding hydrogens is 908 g/mol. The van der Waals surface area contributed by atoms with Gasteiger partial charge in [-0.3, -0.25) is 14.6 Å². The topological polar surface area (TPSA) is 135 Å². The summed E-state index contributed by atoms with van der Waals surface area (Å²) in [6, 6.07) is 20.1. The number of carbonyl (C=O) groups is 1. The van der Waals surface area contributed by atoms with Crippen molar-refractivity contribution in [1.29, 1.82) is 0 Å². The summed E-state index contributed by atoms with van der Waals surface area (Å²) in [5.74, 6) is -2.74. The average Bonchev–Trinajstić information content (AvgIpc) is 3.31. The highest BCUT2D eigenvalue weighted by molar-refractivity contribution is 8.00. The predicted octanol–water partition coefficient (Wildman–Crippen LogP) is 9.25. The fraction of sp³-hybridized carbons (Fsp3) is 0.289. The second-order valence-electron chi connectivity index (χ2n) is 14.4. The lowest BCUT2D eigenvalue weighted by Gasteiger charge is -2.34. The van der Waals surface area contributed by atoms with Crippen molar-refractivity contribution < 1.29 is 41.4 Å². The SMILES string of the molecule is Cc1ccc(Nc2c(C(=O)NOCCOCCOCCOCCSN3CCN(c4cnc5ccc(-c6cnc(Cl)c(NSc7ccc(F)cc7)c6)cc5n4)CC3)ccc(F)c2F)c(F)c1. The fourth-order valence-electron chi connectivity index (χ4n) is 6.43. The molecule has 65 heavy (non-hydrogen) atoms. The van der Waals surface area contributed by atoms with Crippen molar-refractivity contribution in [3.05, 3.63) is 131 Å². The third-order valence-electron chi connectivity index (χ3n) is 9.82. The molecule has 1 aliphatic heterocycles. The van der Waals surface area contributed by atoms with Gasteiger partial charge < -0.3 is 29.1 Å². The molecule has 1 amide bonds. The predicted molar refractivity (Wildman–Crippen MR) is 247 cm³/mol. The molecule has 0 unspecified atom stereocenters. The first kappa shape index (κ1) is 47.7. The highest BCUT2D eigenvalue weighted by Gasteiger charge is 2.22. The number of aromatic nitrogens is 3. The molecular formula is C45H45ClF4N8O5S2. The van der Waals surface area contributed by atoms with E-state index in [1.54, 1.807) is 43.3 Å². The van der Waals surface area contributed by atoms with Crippen LogP contribution in [0.1, 0.15) is 15.9 Å². The number of halogens is 5. The number of aryl methyl sites for hydroxylation is 1. The zero-order chi connectivity index (χ0) is 45.5. The summed E-state index contributed by atoms with van der Waals surface area (Å²) >= 11 is 9.45. The molecule has 0 atom stereocenters. The Morgan fingerprint density at radius 1 is 0.738 bits per heavy atom. The van der Waals surface area contributed by atoms with E-state index in [2.05, 4.69) is 34.7 Å². The van der Waals surface area contributed by atoms with E-state index in [-0.39, 0.29) is 36.9 Å². The lowest BCUT2D eigenvalue weighted by atomic mass is 10.1. The van der Waals surface area contributed by atoms with Crippen LogP contribution in [0.15, 0.2) is 96.2 Å². The molecule has 4 aromatic carbocycles. The van der Waals surface area contributed by atoms with Gasteiger partial charge >= 0.3 is 0 Å². The molecule has 342 valence electrons. The summed E-state index contributed by atoms with van der Waals surface area (Å²) in [4.78, 5) is 34.9. The number of carbonyl (C=O) groups excluding carboxylic acids is 1. The molecule has 1 saturated heterocycles. The van der Waals surface area contributed by atoms with Gasteiger partial charge in [0, 0.05) is 48.6 Å². The molecule has 1 fully saturated rings. The molecule has 20 heteroatoms. The van der Waals surface area contributed by atoms with Crippen molar-refractivity contribution in [1.82, 2.24) is 24.7 Å². The first-order valence-corrected chi connectivity index (χ1v) is 22.7. The zero-order valence-corrected chi connectivity index (χ0v) is 37.5. The van der Waals surface area contributed by atoms with E-state index < -0.39 is 29.0 Å². The van der Waals surface area contributed by atoms with E-state index in [1.807, 2.05) is 30.5 Å². The number of fused-ring (bicyclic) bond motifs is 1. The molecule has 3 N–H and O–H groups in total. The maximum absolute atomic E-state index is 14.6. The van der Waals surface area contributed by atoms with Crippen molar-refractivity contribution in [2.75, 3.05) is 93.1 Å². The Labute approximate surface area is 386 Å². The number of anilines is 4. The second-order valence-corrected chi connectivity index (χ2v) is 16.8. The number of ether oxygens (including phenoxy) is 3. The molecule has 0 radical (unpaired) electrons. The number of nitrogens with zero attached hydrogens (tertiary/aromatic N) is 5. The van der Waals surface area contributed by atoms with Gasteiger partial charge in [0.25, 0.3) is 5.91 Å². The number of pyridine rings is 1. The lowest BCUT2D eigenvalue weighted by molar-refractivity contribution is -0.0193. The van der Waals surface area contributed by atoms with Crippen LogP contribution in [0.5, 0.6) is 0 Å². The third-order valence-corrected chi connectivity index (χ3v) is 12.0. The standard InChI is InChI=1S/C45H45ClF4N8O5S2/c1-29-2-10-37(36(49)24-29)54-43-34(8-9-35(48)42(43)50)45(59)55-63-21-20-61-17-16-60-18-19-62-22-23-64-58-14-12-57(13-15-58)41-28-51-38-11-3-30(25-39(38)53-41)31-26-40(44(46)52-27-31)56-65-33-6-4-32(47)5-7-33/h2-11,24-28,54,56H,12-23H2,1H3,(H,55,59). The van der Waals surface area contributed by atoms with Gasteiger partial charge in [-0.05, 0) is 96.7 Å². The van der Waals surface area contributed by atoms with E-state index in [1.165, 1.54) is 36.2 Å². The van der Waals surface area contributed by atoms with Crippen molar-refractivity contribution >= 4 is 75.3 Å². The largest absolute Gasteiger partial charge is 0.378 e. The molecule has 13 nitrogen and oxygen atoms in total. The summed E-state index contributed by atoms with van der Waals surface area (Å²) in [6.07, 6.45) is 3.54. The van der Waals surface area contributed by atoms with Gasteiger partial charge in [0.1, 0.15) is 17.5 Å². The van der Waals surface area contributed by atoms with Crippen molar-refractivity contribution in [2.24, 2.45) is 0 Å². The molecule has 0 aliphatic carbocycles. The maximum Gasteiger partial charge on any atom is 0.277 e. The van der Waals surface area contributed by atoms with E-state index >= 15 is 0 Å². The molecule has 0 bridgehead atoms. The van der Waals surface area contributed by atoms with Crippen molar-refractivity contribution in [2.45, 2.75) is 11.8 Å². The van der Waals surface area contributed by atoms with Gasteiger partial charge in [-0.1, -0.05) is 35.7 Å². The highest BCUT2D eigenvalue weighted by atomic mass is 35.5. The molecule has 6 aromatic rings. The van der Waals surface area contributed by atoms with Crippen LogP contribution in [-0.4, -0.2) is 103 Å². The summed E-state index contributed by atoms with van der Waals surface area (Å²) in [6.45, 7) is 7.14. The van der Waals surface area contributed by atoms with Gasteiger partial charge in [-0.25, -0.2) is 37.3 Å². The van der Waals surface area contributed by atoms with Gasteiger partial charge in [0.2, 0.25) is 0 Å². The van der Waals surface area contributed by atoms with Crippen LogP contribution in [0.3, 0.4) is 0 Å².